The van der Waals surface area contributed by atoms with Gasteiger partial charge < -0.3 is 19.7 Å². The number of hydrogen-bond donors (Lipinski definition) is 1. The number of nitrogens with one attached hydrogen (secondary N) is 1. The number of fused-ring (bicyclic) bond motifs is 1. The first kappa shape index (κ1) is 20.5. The molecule has 0 aromatic heterocycles. The number of carbonyl (C=O) groups is 2. The molecule has 2 aliphatic rings. The highest BCUT2D eigenvalue weighted by Gasteiger charge is 2.35. The monoisotopic (exact) mass is 388 g/mol. The second kappa shape index (κ2) is 8.41. The van der Waals surface area contributed by atoms with Crippen molar-refractivity contribution in [3.63, 3.8) is 0 Å². The summed E-state index contributed by atoms with van der Waals surface area (Å²) in [6.45, 7) is 10.3. The van der Waals surface area contributed by atoms with Gasteiger partial charge in [0, 0.05) is 31.5 Å². The normalized spacial score (nSPS) is 21.5. The first-order valence-electron chi connectivity index (χ1n) is 10.2. The van der Waals surface area contributed by atoms with Crippen LogP contribution in [0.25, 0.3) is 0 Å². The van der Waals surface area contributed by atoms with Crippen molar-refractivity contribution in [1.82, 2.24) is 10.2 Å². The van der Waals surface area contributed by atoms with Crippen LogP contribution in [0.15, 0.2) is 18.2 Å². The summed E-state index contributed by atoms with van der Waals surface area (Å²) in [5, 5.41) is 3.02. The molecule has 1 aromatic carbocycles. The minimum absolute atomic E-state index is 0.0664. The Labute approximate surface area is 167 Å². The fraction of sp³-hybridized carbons (Fsp3) is 0.636. The summed E-state index contributed by atoms with van der Waals surface area (Å²) in [5.41, 5.74) is 0.642. The molecule has 1 saturated heterocycles. The predicted molar refractivity (Wildman–Crippen MR) is 107 cm³/mol. The van der Waals surface area contributed by atoms with Gasteiger partial charge in [0.25, 0.3) is 0 Å². The molecule has 2 atom stereocenters. The number of benzene rings is 1. The molecule has 3 rings (SSSR count). The quantitative estimate of drug-likeness (QED) is 0.840. The van der Waals surface area contributed by atoms with Gasteiger partial charge in [-0.3, -0.25) is 9.59 Å². The van der Waals surface area contributed by atoms with Gasteiger partial charge in [-0.1, -0.05) is 40.2 Å². The highest BCUT2D eigenvalue weighted by Crippen LogP contribution is 2.33. The molecule has 2 aliphatic heterocycles. The summed E-state index contributed by atoms with van der Waals surface area (Å²) in [7, 11) is 0. The minimum Gasteiger partial charge on any atom is -0.454 e. The average molecular weight is 389 g/mol. The Morgan fingerprint density at radius 1 is 1.18 bits per heavy atom. The summed E-state index contributed by atoms with van der Waals surface area (Å²) in [6.07, 6.45) is 2.38. The van der Waals surface area contributed by atoms with E-state index in [-0.39, 0.29) is 24.0 Å². The van der Waals surface area contributed by atoms with E-state index in [9.17, 15) is 9.59 Å². The molecular weight excluding hydrogens is 356 g/mol. The van der Waals surface area contributed by atoms with Gasteiger partial charge in [0.2, 0.25) is 18.6 Å². The van der Waals surface area contributed by atoms with E-state index in [1.807, 2.05) is 43.9 Å². The molecular formula is C22H32N2O4. The van der Waals surface area contributed by atoms with Crippen molar-refractivity contribution in [2.45, 2.75) is 53.5 Å². The molecule has 28 heavy (non-hydrogen) atoms. The fourth-order valence-corrected chi connectivity index (χ4v) is 4.03. The van der Waals surface area contributed by atoms with Gasteiger partial charge >= 0.3 is 0 Å². The standard InChI is InChI=1S/C22H32N2O4/c1-5-16-13-24(21(26)22(2,3)4)9-8-17(16)11-20(25)23-12-15-6-7-18-19(10-15)28-14-27-18/h6-7,10,16-17H,5,8-9,11-14H2,1-4H3,(H,23,25). The van der Waals surface area contributed by atoms with E-state index in [1.165, 1.54) is 0 Å². The Hall–Kier alpha value is -2.24. The lowest BCUT2D eigenvalue weighted by atomic mass is 9.80. The van der Waals surface area contributed by atoms with Crippen molar-refractivity contribution in [1.29, 1.82) is 0 Å². The van der Waals surface area contributed by atoms with Gasteiger partial charge in [-0.25, -0.2) is 0 Å². The summed E-state index contributed by atoms with van der Waals surface area (Å²) in [4.78, 5) is 27.1. The first-order valence-corrected chi connectivity index (χ1v) is 10.2. The maximum Gasteiger partial charge on any atom is 0.231 e. The van der Waals surface area contributed by atoms with Crippen molar-refractivity contribution in [3.05, 3.63) is 23.8 Å². The number of hydrogen-bond acceptors (Lipinski definition) is 4. The largest absolute Gasteiger partial charge is 0.454 e. The predicted octanol–water partition coefficient (Wildman–Crippen LogP) is 3.34. The summed E-state index contributed by atoms with van der Waals surface area (Å²) >= 11 is 0. The Morgan fingerprint density at radius 3 is 2.64 bits per heavy atom. The molecule has 6 heteroatoms. The van der Waals surface area contributed by atoms with Gasteiger partial charge in [0.05, 0.1) is 0 Å². The number of nitrogens with zero attached hydrogens (tertiary/aromatic N) is 1. The molecule has 0 saturated carbocycles. The van der Waals surface area contributed by atoms with E-state index in [0.29, 0.717) is 24.8 Å². The summed E-state index contributed by atoms with van der Waals surface area (Å²) in [5.74, 6) is 2.45. The van der Waals surface area contributed by atoms with Crippen molar-refractivity contribution in [2.75, 3.05) is 19.9 Å². The van der Waals surface area contributed by atoms with E-state index >= 15 is 0 Å². The van der Waals surface area contributed by atoms with Gasteiger partial charge in [-0.2, -0.15) is 0 Å². The Morgan fingerprint density at radius 2 is 1.93 bits per heavy atom. The molecule has 0 spiro atoms. The van der Waals surface area contributed by atoms with E-state index in [1.54, 1.807) is 0 Å². The van der Waals surface area contributed by atoms with Crippen molar-refractivity contribution >= 4 is 11.8 Å². The zero-order chi connectivity index (χ0) is 20.3. The van der Waals surface area contributed by atoms with E-state index in [0.717, 1.165) is 43.0 Å². The zero-order valence-electron chi connectivity index (χ0n) is 17.4. The molecule has 2 unspecified atom stereocenters. The Kier molecular flexibility index (Phi) is 6.16. The van der Waals surface area contributed by atoms with Gasteiger partial charge in [0.1, 0.15) is 0 Å². The molecule has 2 heterocycles. The maximum atomic E-state index is 12.6. The van der Waals surface area contributed by atoms with Crippen LogP contribution in [-0.2, 0) is 16.1 Å². The second-order valence-corrected chi connectivity index (χ2v) is 8.89. The number of rotatable bonds is 5. The van der Waals surface area contributed by atoms with Crippen LogP contribution in [0.2, 0.25) is 0 Å². The van der Waals surface area contributed by atoms with E-state index in [4.69, 9.17) is 9.47 Å². The molecule has 154 valence electrons. The lowest BCUT2D eigenvalue weighted by Crippen LogP contribution is -2.48. The van der Waals surface area contributed by atoms with Crippen LogP contribution in [0.3, 0.4) is 0 Å². The Balaban J connectivity index is 1.50. The van der Waals surface area contributed by atoms with Crippen molar-refractivity contribution < 1.29 is 19.1 Å². The van der Waals surface area contributed by atoms with Crippen LogP contribution in [0.4, 0.5) is 0 Å². The SMILES string of the molecule is CCC1CN(C(=O)C(C)(C)C)CCC1CC(=O)NCc1ccc2c(c1)OCO2. The molecule has 6 nitrogen and oxygen atoms in total. The molecule has 0 radical (unpaired) electrons. The number of piperidine rings is 1. The van der Waals surface area contributed by atoms with Crippen LogP contribution < -0.4 is 14.8 Å². The van der Waals surface area contributed by atoms with Crippen molar-refractivity contribution in [3.8, 4) is 11.5 Å². The molecule has 1 N–H and O–H groups in total. The minimum atomic E-state index is -0.354. The molecule has 2 amide bonds. The lowest BCUT2D eigenvalue weighted by molar-refractivity contribution is -0.142. The zero-order valence-corrected chi connectivity index (χ0v) is 17.4. The summed E-state index contributed by atoms with van der Waals surface area (Å²) < 4.78 is 10.7. The third-order valence-corrected chi connectivity index (χ3v) is 5.72. The Bertz CT molecular complexity index is 726. The number of amides is 2. The topological polar surface area (TPSA) is 67.9 Å². The maximum absolute atomic E-state index is 12.6. The number of carbonyl (C=O) groups excluding carboxylic acids is 2. The highest BCUT2D eigenvalue weighted by atomic mass is 16.7. The van der Waals surface area contributed by atoms with E-state index < -0.39 is 0 Å². The third-order valence-electron chi connectivity index (χ3n) is 5.72. The summed E-state index contributed by atoms with van der Waals surface area (Å²) in [6, 6.07) is 5.73. The lowest BCUT2D eigenvalue weighted by Gasteiger charge is -2.40. The van der Waals surface area contributed by atoms with E-state index in [2.05, 4.69) is 12.2 Å². The first-order chi connectivity index (χ1) is 13.3. The van der Waals surface area contributed by atoms with Gasteiger partial charge in [0.15, 0.2) is 11.5 Å². The molecule has 0 bridgehead atoms. The van der Waals surface area contributed by atoms with Crippen LogP contribution in [0.1, 0.15) is 52.5 Å². The van der Waals surface area contributed by atoms with Crippen molar-refractivity contribution in [2.24, 2.45) is 17.3 Å². The highest BCUT2D eigenvalue weighted by molar-refractivity contribution is 5.81. The molecule has 1 aromatic rings. The second-order valence-electron chi connectivity index (χ2n) is 8.89. The van der Waals surface area contributed by atoms with Gasteiger partial charge in [-0.05, 0) is 36.0 Å². The average Bonchev–Trinajstić information content (AvgIpc) is 3.13. The van der Waals surface area contributed by atoms with Crippen LogP contribution in [-0.4, -0.2) is 36.6 Å². The fourth-order valence-electron chi connectivity index (χ4n) is 4.03. The molecule has 0 aliphatic carbocycles. The van der Waals surface area contributed by atoms with Crippen LogP contribution >= 0.6 is 0 Å². The van der Waals surface area contributed by atoms with Gasteiger partial charge in [-0.15, -0.1) is 0 Å². The van der Waals surface area contributed by atoms with Crippen LogP contribution in [0, 0.1) is 17.3 Å². The number of likely N-dealkylation sites (tertiary alicyclic amines) is 1. The third kappa shape index (κ3) is 4.78. The van der Waals surface area contributed by atoms with Crippen LogP contribution in [0.5, 0.6) is 11.5 Å². The smallest absolute Gasteiger partial charge is 0.231 e. The molecule has 1 fully saturated rings. The number of ether oxygens (including phenoxy) is 2.